The summed E-state index contributed by atoms with van der Waals surface area (Å²) in [7, 11) is 1.74. The quantitative estimate of drug-likeness (QED) is 0.703. The first-order valence-corrected chi connectivity index (χ1v) is 5.68. The van der Waals surface area contributed by atoms with Crippen LogP contribution in [0.15, 0.2) is 0 Å². The molecule has 0 unspecified atom stereocenters. The first kappa shape index (κ1) is 12.6. The number of aromatic nitrogens is 4. The molecular formula is C10H19N5O. The topological polar surface area (TPSA) is 63.9 Å². The Balaban J connectivity index is 2.52. The smallest absolute Gasteiger partial charge is 0.230 e. The third-order valence-corrected chi connectivity index (χ3v) is 2.53. The summed E-state index contributed by atoms with van der Waals surface area (Å²) >= 11 is 0. The molecular weight excluding hydrogens is 206 g/mol. The maximum atomic E-state index is 11.9. The zero-order valence-electron chi connectivity index (χ0n) is 10.2. The number of unbranched alkanes of at least 4 members (excludes halogenated alkanes) is 1. The molecule has 1 aromatic rings. The maximum absolute atomic E-state index is 11.9. The van der Waals surface area contributed by atoms with Crippen molar-refractivity contribution in [3.63, 3.8) is 0 Å². The molecule has 0 saturated heterocycles. The van der Waals surface area contributed by atoms with Crippen molar-refractivity contribution in [1.82, 2.24) is 25.1 Å². The van der Waals surface area contributed by atoms with Gasteiger partial charge >= 0.3 is 0 Å². The third-order valence-electron chi connectivity index (χ3n) is 2.53. The van der Waals surface area contributed by atoms with E-state index in [1.54, 1.807) is 7.05 Å². The van der Waals surface area contributed by atoms with Gasteiger partial charge in [0.15, 0.2) is 5.82 Å². The highest BCUT2D eigenvalue weighted by Gasteiger charge is 2.14. The molecule has 0 spiro atoms. The van der Waals surface area contributed by atoms with E-state index in [2.05, 4.69) is 22.4 Å². The summed E-state index contributed by atoms with van der Waals surface area (Å²) in [6.45, 7) is 5.66. The lowest BCUT2D eigenvalue weighted by molar-refractivity contribution is -0.130. The largest absolute Gasteiger partial charge is 0.343 e. The molecule has 0 aromatic carbocycles. The van der Waals surface area contributed by atoms with Crippen LogP contribution < -0.4 is 0 Å². The summed E-state index contributed by atoms with van der Waals surface area (Å²) in [4.78, 5) is 13.8. The van der Waals surface area contributed by atoms with E-state index >= 15 is 0 Å². The molecule has 90 valence electrons. The van der Waals surface area contributed by atoms with Crippen LogP contribution in [0.1, 0.15) is 32.5 Å². The summed E-state index contributed by atoms with van der Waals surface area (Å²) in [6, 6.07) is 0. The first-order valence-electron chi connectivity index (χ1n) is 5.68. The molecule has 1 rings (SSSR count). The summed E-state index contributed by atoms with van der Waals surface area (Å²) < 4.78 is 1.53. The molecule has 16 heavy (non-hydrogen) atoms. The molecule has 0 saturated carbocycles. The molecule has 1 heterocycles. The Kier molecular flexibility index (Phi) is 4.88. The lowest BCUT2D eigenvalue weighted by atomic mass is 10.3. The standard InChI is InChI=1S/C10H19N5O/c1-4-6-7-15(5-2)10(16)8-9-11-12-13-14(9)3/h4-8H2,1-3H3. The number of amides is 1. The first-order chi connectivity index (χ1) is 7.69. The zero-order valence-corrected chi connectivity index (χ0v) is 10.2. The summed E-state index contributed by atoms with van der Waals surface area (Å²) in [5.74, 6) is 0.703. The van der Waals surface area contributed by atoms with Crippen molar-refractivity contribution in [2.24, 2.45) is 7.05 Å². The summed E-state index contributed by atoms with van der Waals surface area (Å²) in [5.41, 5.74) is 0. The second-order valence-corrected chi connectivity index (χ2v) is 3.72. The normalized spacial score (nSPS) is 10.4. The van der Waals surface area contributed by atoms with E-state index in [-0.39, 0.29) is 12.3 Å². The van der Waals surface area contributed by atoms with Crippen LogP contribution in [-0.4, -0.2) is 44.1 Å². The highest BCUT2D eigenvalue weighted by atomic mass is 16.2. The van der Waals surface area contributed by atoms with Gasteiger partial charge in [0.2, 0.25) is 5.91 Å². The van der Waals surface area contributed by atoms with E-state index < -0.39 is 0 Å². The van der Waals surface area contributed by atoms with Crippen molar-refractivity contribution in [3.05, 3.63) is 5.82 Å². The van der Waals surface area contributed by atoms with Gasteiger partial charge in [0, 0.05) is 20.1 Å². The lowest BCUT2D eigenvalue weighted by Gasteiger charge is -2.20. The number of carbonyl (C=O) groups is 1. The van der Waals surface area contributed by atoms with Gasteiger partial charge in [-0.1, -0.05) is 13.3 Å². The minimum atomic E-state index is 0.0915. The molecule has 0 radical (unpaired) electrons. The van der Waals surface area contributed by atoms with E-state index in [1.807, 2.05) is 11.8 Å². The van der Waals surface area contributed by atoms with Gasteiger partial charge in [-0.25, -0.2) is 4.68 Å². The van der Waals surface area contributed by atoms with Gasteiger partial charge in [-0.2, -0.15) is 0 Å². The Morgan fingerprint density at radius 2 is 2.19 bits per heavy atom. The van der Waals surface area contributed by atoms with E-state index in [0.717, 1.165) is 25.9 Å². The van der Waals surface area contributed by atoms with Crippen molar-refractivity contribution < 1.29 is 4.79 Å². The molecule has 0 aliphatic rings. The Labute approximate surface area is 95.6 Å². The Morgan fingerprint density at radius 1 is 1.44 bits per heavy atom. The van der Waals surface area contributed by atoms with Crippen LogP contribution in [0, 0.1) is 0 Å². The van der Waals surface area contributed by atoms with Crippen molar-refractivity contribution >= 4 is 5.91 Å². The van der Waals surface area contributed by atoms with E-state index in [0.29, 0.717) is 5.82 Å². The van der Waals surface area contributed by atoms with Gasteiger partial charge in [0.1, 0.15) is 0 Å². The minimum Gasteiger partial charge on any atom is -0.343 e. The Hall–Kier alpha value is -1.46. The van der Waals surface area contributed by atoms with Crippen molar-refractivity contribution in [2.75, 3.05) is 13.1 Å². The van der Waals surface area contributed by atoms with Crippen LogP contribution in [0.3, 0.4) is 0 Å². The number of tetrazole rings is 1. The monoisotopic (exact) mass is 225 g/mol. The summed E-state index contributed by atoms with van der Waals surface area (Å²) in [6.07, 6.45) is 2.41. The van der Waals surface area contributed by atoms with E-state index in [9.17, 15) is 4.79 Å². The second kappa shape index (κ2) is 6.19. The Bertz CT molecular complexity index is 336. The Morgan fingerprint density at radius 3 is 2.69 bits per heavy atom. The SMILES string of the molecule is CCCCN(CC)C(=O)Cc1nnnn1C. The second-order valence-electron chi connectivity index (χ2n) is 3.72. The molecule has 0 aliphatic carbocycles. The molecule has 0 bridgehead atoms. The molecule has 0 N–H and O–H groups in total. The highest BCUT2D eigenvalue weighted by molar-refractivity contribution is 5.77. The molecule has 1 aromatic heterocycles. The van der Waals surface area contributed by atoms with Gasteiger partial charge in [-0.05, 0) is 23.8 Å². The van der Waals surface area contributed by atoms with Crippen LogP contribution in [0.4, 0.5) is 0 Å². The van der Waals surface area contributed by atoms with E-state index in [1.165, 1.54) is 4.68 Å². The number of rotatable bonds is 6. The van der Waals surface area contributed by atoms with Crippen LogP contribution in [-0.2, 0) is 18.3 Å². The number of likely N-dealkylation sites (N-methyl/N-ethyl adjacent to an activating group) is 1. The van der Waals surface area contributed by atoms with Crippen LogP contribution in [0.5, 0.6) is 0 Å². The average molecular weight is 225 g/mol. The lowest BCUT2D eigenvalue weighted by Crippen LogP contribution is -2.33. The predicted molar refractivity (Wildman–Crippen MR) is 59.7 cm³/mol. The highest BCUT2D eigenvalue weighted by Crippen LogP contribution is 2.00. The van der Waals surface area contributed by atoms with Crippen LogP contribution in [0.25, 0.3) is 0 Å². The number of hydrogen-bond donors (Lipinski definition) is 0. The number of nitrogens with zero attached hydrogens (tertiary/aromatic N) is 5. The number of hydrogen-bond acceptors (Lipinski definition) is 4. The number of aryl methyl sites for hydroxylation is 1. The molecule has 6 heteroatoms. The maximum Gasteiger partial charge on any atom is 0.230 e. The number of carbonyl (C=O) groups excluding carboxylic acids is 1. The van der Waals surface area contributed by atoms with Gasteiger partial charge in [-0.3, -0.25) is 4.79 Å². The molecule has 1 amide bonds. The predicted octanol–water partition coefficient (Wildman–Crippen LogP) is 0.401. The fraction of sp³-hybridized carbons (Fsp3) is 0.800. The minimum absolute atomic E-state index is 0.0915. The fourth-order valence-electron chi connectivity index (χ4n) is 1.45. The van der Waals surface area contributed by atoms with Crippen LogP contribution in [0.2, 0.25) is 0 Å². The van der Waals surface area contributed by atoms with E-state index in [4.69, 9.17) is 0 Å². The molecule has 0 atom stereocenters. The summed E-state index contributed by atoms with van der Waals surface area (Å²) in [5, 5.41) is 11.0. The van der Waals surface area contributed by atoms with Gasteiger partial charge in [0.25, 0.3) is 0 Å². The molecule has 0 aliphatic heterocycles. The van der Waals surface area contributed by atoms with Crippen molar-refractivity contribution in [2.45, 2.75) is 33.1 Å². The average Bonchev–Trinajstić information content (AvgIpc) is 2.65. The molecule has 0 fully saturated rings. The fourth-order valence-corrected chi connectivity index (χ4v) is 1.45. The zero-order chi connectivity index (χ0) is 12.0. The van der Waals surface area contributed by atoms with Gasteiger partial charge in [0.05, 0.1) is 6.42 Å². The van der Waals surface area contributed by atoms with Crippen molar-refractivity contribution in [1.29, 1.82) is 0 Å². The van der Waals surface area contributed by atoms with Crippen LogP contribution >= 0.6 is 0 Å². The third kappa shape index (κ3) is 3.29. The van der Waals surface area contributed by atoms with Gasteiger partial charge < -0.3 is 4.90 Å². The molecule has 6 nitrogen and oxygen atoms in total. The van der Waals surface area contributed by atoms with Gasteiger partial charge in [-0.15, -0.1) is 5.10 Å². The van der Waals surface area contributed by atoms with Crippen molar-refractivity contribution in [3.8, 4) is 0 Å².